The van der Waals surface area contributed by atoms with Crippen LogP contribution in [0.25, 0.3) is 0 Å². The van der Waals surface area contributed by atoms with Crippen molar-refractivity contribution in [2.75, 3.05) is 19.6 Å². The molecule has 0 aliphatic carbocycles. The van der Waals surface area contributed by atoms with E-state index >= 15 is 0 Å². The van der Waals surface area contributed by atoms with Crippen molar-refractivity contribution in [3.63, 3.8) is 0 Å². The zero-order valence-electron chi connectivity index (χ0n) is 10.2. The van der Waals surface area contributed by atoms with Gasteiger partial charge >= 0.3 is 5.97 Å². The summed E-state index contributed by atoms with van der Waals surface area (Å²) in [7, 11) is 0. The molecule has 2 fully saturated rings. The fraction of sp³-hybridized carbons (Fsp3) is 0.727. The van der Waals surface area contributed by atoms with E-state index in [-0.39, 0.29) is 30.8 Å². The Morgan fingerprint density at radius 2 is 2.17 bits per heavy atom. The minimum Gasteiger partial charge on any atom is -0.480 e. The van der Waals surface area contributed by atoms with Gasteiger partial charge in [0.05, 0.1) is 6.54 Å². The number of nitrogens with zero attached hydrogens (tertiary/aromatic N) is 1. The Kier molecular flexibility index (Phi) is 3.51. The largest absolute Gasteiger partial charge is 0.480 e. The van der Waals surface area contributed by atoms with Gasteiger partial charge in [0.2, 0.25) is 11.8 Å². The molecule has 2 aliphatic heterocycles. The zero-order valence-corrected chi connectivity index (χ0v) is 10.2. The van der Waals surface area contributed by atoms with Crippen molar-refractivity contribution in [2.45, 2.75) is 25.4 Å². The van der Waals surface area contributed by atoms with Gasteiger partial charge in [-0.15, -0.1) is 0 Å². The maximum absolute atomic E-state index is 12.2. The lowest BCUT2D eigenvalue weighted by molar-refractivity contribution is -0.150. The number of hydrogen-bond donors (Lipinski definition) is 3. The van der Waals surface area contributed by atoms with Gasteiger partial charge in [0.1, 0.15) is 12.1 Å². The Morgan fingerprint density at radius 1 is 1.44 bits per heavy atom. The molecule has 2 saturated heterocycles. The number of carboxylic acid groups (broad SMARTS) is 1. The van der Waals surface area contributed by atoms with Crippen LogP contribution in [0.15, 0.2) is 0 Å². The number of nitrogens with one attached hydrogen (secondary N) is 2. The summed E-state index contributed by atoms with van der Waals surface area (Å²) in [4.78, 5) is 35.8. The van der Waals surface area contributed by atoms with Crippen LogP contribution >= 0.6 is 0 Å². The number of aliphatic carboxylic acids is 1. The number of carbonyl (C=O) groups is 3. The third-order valence-electron chi connectivity index (χ3n) is 3.55. The molecule has 0 radical (unpaired) electrons. The van der Waals surface area contributed by atoms with Crippen LogP contribution in [-0.2, 0) is 14.4 Å². The Morgan fingerprint density at radius 3 is 2.72 bits per heavy atom. The maximum atomic E-state index is 12.2. The van der Waals surface area contributed by atoms with E-state index in [1.807, 2.05) is 6.92 Å². The lowest BCUT2D eigenvalue weighted by Crippen LogP contribution is -2.60. The first-order valence-electron chi connectivity index (χ1n) is 6.04. The zero-order chi connectivity index (χ0) is 13.3. The fourth-order valence-corrected chi connectivity index (χ4v) is 2.51. The molecule has 0 aromatic carbocycles. The Balaban J connectivity index is 2.04. The molecule has 7 heteroatoms. The number of hydrogen-bond acceptors (Lipinski definition) is 4. The summed E-state index contributed by atoms with van der Waals surface area (Å²) in [6, 6.07) is -1.27. The molecular weight excluding hydrogens is 238 g/mol. The molecule has 3 atom stereocenters. The van der Waals surface area contributed by atoms with Crippen LogP contribution in [0.5, 0.6) is 0 Å². The first-order valence-corrected chi connectivity index (χ1v) is 6.04. The van der Waals surface area contributed by atoms with E-state index in [0.29, 0.717) is 13.0 Å². The standard InChI is InChI=1S/C11H17N3O4/c1-6-2-3-14(9(6)11(17)18)10(16)7-4-13-8(15)5-12-7/h6-7,9,12H,2-5H2,1H3,(H,13,15)(H,17,18). The van der Waals surface area contributed by atoms with Crippen molar-refractivity contribution in [3.05, 3.63) is 0 Å². The van der Waals surface area contributed by atoms with E-state index in [0.717, 1.165) is 0 Å². The highest BCUT2D eigenvalue weighted by Crippen LogP contribution is 2.24. The summed E-state index contributed by atoms with van der Waals surface area (Å²) < 4.78 is 0. The number of rotatable bonds is 2. The van der Waals surface area contributed by atoms with Gasteiger partial charge in [0.25, 0.3) is 0 Å². The van der Waals surface area contributed by atoms with E-state index in [1.54, 1.807) is 0 Å². The minimum atomic E-state index is -0.965. The fourth-order valence-electron chi connectivity index (χ4n) is 2.51. The molecule has 0 bridgehead atoms. The molecule has 0 aromatic heterocycles. The smallest absolute Gasteiger partial charge is 0.326 e. The topological polar surface area (TPSA) is 98.7 Å². The Bertz CT molecular complexity index is 374. The molecule has 3 unspecified atom stereocenters. The van der Waals surface area contributed by atoms with Gasteiger partial charge in [0, 0.05) is 13.1 Å². The van der Waals surface area contributed by atoms with E-state index in [9.17, 15) is 14.4 Å². The Hall–Kier alpha value is -1.63. The lowest BCUT2D eigenvalue weighted by atomic mass is 10.0. The van der Waals surface area contributed by atoms with Crippen LogP contribution in [0, 0.1) is 5.92 Å². The predicted octanol–water partition coefficient (Wildman–Crippen LogP) is -1.60. The summed E-state index contributed by atoms with van der Waals surface area (Å²) in [6.07, 6.45) is 0.696. The minimum absolute atomic E-state index is 0.0374. The average Bonchev–Trinajstić information content (AvgIpc) is 2.71. The van der Waals surface area contributed by atoms with E-state index in [4.69, 9.17) is 5.11 Å². The van der Waals surface area contributed by atoms with Crippen LogP contribution < -0.4 is 10.6 Å². The summed E-state index contributed by atoms with van der Waals surface area (Å²) >= 11 is 0. The molecule has 0 aromatic rings. The van der Waals surface area contributed by atoms with Crippen LogP contribution in [-0.4, -0.2) is 59.5 Å². The number of likely N-dealkylation sites (tertiary alicyclic amines) is 1. The van der Waals surface area contributed by atoms with Gasteiger partial charge in [-0.2, -0.15) is 0 Å². The van der Waals surface area contributed by atoms with Gasteiger partial charge in [-0.3, -0.25) is 14.9 Å². The second-order valence-electron chi connectivity index (χ2n) is 4.82. The summed E-state index contributed by atoms with van der Waals surface area (Å²) in [6.45, 7) is 2.61. The molecule has 18 heavy (non-hydrogen) atoms. The van der Waals surface area contributed by atoms with Crippen molar-refractivity contribution in [3.8, 4) is 0 Å². The number of amides is 2. The number of piperazine rings is 1. The molecule has 7 nitrogen and oxygen atoms in total. The summed E-state index contributed by atoms with van der Waals surface area (Å²) in [5.74, 6) is -1.40. The first kappa shape index (κ1) is 12.8. The van der Waals surface area contributed by atoms with Crippen molar-refractivity contribution < 1.29 is 19.5 Å². The third-order valence-corrected chi connectivity index (χ3v) is 3.55. The Labute approximate surface area is 105 Å². The molecule has 0 saturated carbocycles. The summed E-state index contributed by atoms with van der Waals surface area (Å²) in [5, 5.41) is 14.6. The third kappa shape index (κ3) is 2.31. The van der Waals surface area contributed by atoms with Gasteiger partial charge < -0.3 is 15.3 Å². The quantitative estimate of drug-likeness (QED) is 0.552. The number of carbonyl (C=O) groups excluding carboxylic acids is 2. The van der Waals surface area contributed by atoms with Gasteiger partial charge in [-0.1, -0.05) is 6.92 Å². The molecule has 2 aliphatic rings. The second kappa shape index (κ2) is 4.93. The predicted molar refractivity (Wildman–Crippen MR) is 61.7 cm³/mol. The van der Waals surface area contributed by atoms with Crippen molar-refractivity contribution >= 4 is 17.8 Å². The normalized spacial score (nSPS) is 32.2. The highest BCUT2D eigenvalue weighted by Gasteiger charge is 2.42. The lowest BCUT2D eigenvalue weighted by Gasteiger charge is -2.30. The molecule has 3 N–H and O–H groups in total. The molecule has 2 heterocycles. The van der Waals surface area contributed by atoms with Crippen LogP contribution in [0.3, 0.4) is 0 Å². The van der Waals surface area contributed by atoms with Gasteiger partial charge in [0.15, 0.2) is 0 Å². The van der Waals surface area contributed by atoms with Crippen molar-refractivity contribution in [1.82, 2.24) is 15.5 Å². The first-order chi connectivity index (χ1) is 8.50. The average molecular weight is 255 g/mol. The van der Waals surface area contributed by atoms with E-state index in [1.165, 1.54) is 4.90 Å². The highest BCUT2D eigenvalue weighted by atomic mass is 16.4. The number of carboxylic acids is 1. The van der Waals surface area contributed by atoms with Crippen molar-refractivity contribution in [1.29, 1.82) is 0 Å². The van der Waals surface area contributed by atoms with Gasteiger partial charge in [-0.25, -0.2) is 4.79 Å². The molecular formula is C11H17N3O4. The molecule has 100 valence electrons. The highest BCUT2D eigenvalue weighted by molar-refractivity contribution is 5.90. The van der Waals surface area contributed by atoms with Crippen LogP contribution in [0.1, 0.15) is 13.3 Å². The van der Waals surface area contributed by atoms with Crippen LogP contribution in [0.2, 0.25) is 0 Å². The SMILES string of the molecule is CC1CCN(C(=O)C2CNC(=O)CN2)C1C(=O)O. The molecule has 2 rings (SSSR count). The van der Waals surface area contributed by atoms with Crippen molar-refractivity contribution in [2.24, 2.45) is 5.92 Å². The molecule has 0 spiro atoms. The monoisotopic (exact) mass is 255 g/mol. The van der Waals surface area contributed by atoms with Crippen LogP contribution in [0.4, 0.5) is 0 Å². The maximum Gasteiger partial charge on any atom is 0.326 e. The van der Waals surface area contributed by atoms with E-state index < -0.39 is 18.1 Å². The van der Waals surface area contributed by atoms with Gasteiger partial charge in [-0.05, 0) is 12.3 Å². The molecule has 2 amide bonds. The summed E-state index contributed by atoms with van der Waals surface area (Å²) in [5.41, 5.74) is 0. The van der Waals surface area contributed by atoms with E-state index in [2.05, 4.69) is 10.6 Å². The second-order valence-corrected chi connectivity index (χ2v) is 4.82.